The van der Waals surface area contributed by atoms with Crippen LogP contribution in [0.1, 0.15) is 68.4 Å². The van der Waals surface area contributed by atoms with Crippen molar-refractivity contribution >= 4 is 28.1 Å². The van der Waals surface area contributed by atoms with Crippen molar-refractivity contribution in [3.63, 3.8) is 0 Å². The second kappa shape index (κ2) is 10.7. The first-order chi connectivity index (χ1) is 15.9. The molecular formula is C25H33N3O4S. The van der Waals surface area contributed by atoms with Gasteiger partial charge in [-0.3, -0.25) is 4.79 Å². The number of amides is 1. The van der Waals surface area contributed by atoms with E-state index in [1.54, 1.807) is 19.1 Å². The number of carbonyl (C=O) groups is 1. The lowest BCUT2D eigenvalue weighted by molar-refractivity contribution is -0.126. The van der Waals surface area contributed by atoms with Gasteiger partial charge in [-0.15, -0.1) is 0 Å². The second-order valence-electron chi connectivity index (χ2n) is 9.10. The zero-order chi connectivity index (χ0) is 23.3. The normalized spacial score (nSPS) is 21.2. The van der Waals surface area contributed by atoms with E-state index in [4.69, 9.17) is 4.52 Å². The molecule has 0 radical (unpaired) electrons. The van der Waals surface area contributed by atoms with Gasteiger partial charge in [-0.2, -0.15) is 4.31 Å². The highest BCUT2D eigenvalue weighted by Crippen LogP contribution is 2.29. The second-order valence-corrected chi connectivity index (χ2v) is 11.0. The van der Waals surface area contributed by atoms with Crippen LogP contribution in [-0.2, 0) is 14.8 Å². The highest BCUT2D eigenvalue weighted by atomic mass is 32.2. The fourth-order valence-electron chi connectivity index (χ4n) is 4.78. The molecule has 0 bridgehead atoms. The van der Waals surface area contributed by atoms with Crippen molar-refractivity contribution in [1.82, 2.24) is 14.8 Å². The van der Waals surface area contributed by atoms with E-state index < -0.39 is 10.0 Å². The zero-order valence-corrected chi connectivity index (χ0v) is 20.0. The number of rotatable bonds is 6. The number of sulfonamides is 1. The predicted octanol–water partition coefficient (Wildman–Crippen LogP) is 4.39. The number of aromatic nitrogens is 1. The van der Waals surface area contributed by atoms with Crippen molar-refractivity contribution in [2.75, 3.05) is 13.1 Å². The minimum absolute atomic E-state index is 0.0203. The molecule has 1 N–H and O–H groups in total. The molecule has 2 aromatic rings. The SMILES string of the molecule is Cc1noc(/C=C/c2ccccc2)c1S(=O)(=O)N1CCCC(C(=O)NC2CCCCCC2)C1. The molecule has 1 unspecified atom stereocenters. The Kier molecular flexibility index (Phi) is 7.65. The van der Waals surface area contributed by atoms with Gasteiger partial charge < -0.3 is 9.84 Å². The molecule has 7 nitrogen and oxygen atoms in total. The first kappa shape index (κ1) is 23.7. The Bertz CT molecular complexity index is 1070. The third-order valence-corrected chi connectivity index (χ3v) is 8.64. The van der Waals surface area contributed by atoms with Crippen molar-refractivity contribution in [2.24, 2.45) is 5.92 Å². The fraction of sp³-hybridized carbons (Fsp3) is 0.520. The molecule has 1 atom stereocenters. The zero-order valence-electron chi connectivity index (χ0n) is 19.2. The van der Waals surface area contributed by atoms with Crippen molar-refractivity contribution in [2.45, 2.75) is 69.2 Å². The Hall–Kier alpha value is -2.45. The molecule has 1 aliphatic carbocycles. The van der Waals surface area contributed by atoms with Gasteiger partial charge in [0.05, 0.1) is 5.92 Å². The summed E-state index contributed by atoms with van der Waals surface area (Å²) in [5, 5.41) is 7.11. The van der Waals surface area contributed by atoms with Crippen LogP contribution in [0.4, 0.5) is 0 Å². The Morgan fingerprint density at radius 3 is 2.52 bits per heavy atom. The summed E-state index contributed by atoms with van der Waals surface area (Å²) in [6.45, 7) is 2.21. The third kappa shape index (κ3) is 5.73. The first-order valence-electron chi connectivity index (χ1n) is 11.9. The highest BCUT2D eigenvalue weighted by molar-refractivity contribution is 7.89. The van der Waals surface area contributed by atoms with Gasteiger partial charge in [-0.05, 0) is 44.2 Å². The van der Waals surface area contributed by atoms with E-state index >= 15 is 0 Å². The Labute approximate surface area is 196 Å². The molecule has 1 aliphatic heterocycles. The molecule has 8 heteroatoms. The Morgan fingerprint density at radius 1 is 1.06 bits per heavy atom. The van der Waals surface area contributed by atoms with Crippen LogP contribution in [-0.4, -0.2) is 42.9 Å². The van der Waals surface area contributed by atoms with Crippen molar-refractivity contribution in [3.8, 4) is 0 Å². The number of piperidine rings is 1. The van der Waals surface area contributed by atoms with Crippen LogP contribution < -0.4 is 5.32 Å². The molecule has 2 heterocycles. The lowest BCUT2D eigenvalue weighted by atomic mass is 9.97. The number of nitrogens with one attached hydrogen (secondary N) is 1. The van der Waals surface area contributed by atoms with E-state index in [0.29, 0.717) is 25.1 Å². The molecule has 1 aromatic heterocycles. The smallest absolute Gasteiger partial charge is 0.248 e. The van der Waals surface area contributed by atoms with Crippen LogP contribution >= 0.6 is 0 Å². The van der Waals surface area contributed by atoms with Crippen LogP contribution in [0, 0.1) is 12.8 Å². The van der Waals surface area contributed by atoms with Crippen LogP contribution in [0.2, 0.25) is 0 Å². The lowest BCUT2D eigenvalue weighted by Crippen LogP contribution is -2.47. The number of carbonyl (C=O) groups excluding carboxylic acids is 1. The molecule has 2 fully saturated rings. The minimum atomic E-state index is -3.84. The van der Waals surface area contributed by atoms with Gasteiger partial charge in [-0.1, -0.05) is 67.2 Å². The van der Waals surface area contributed by atoms with Gasteiger partial charge in [0.1, 0.15) is 5.69 Å². The average molecular weight is 472 g/mol. The summed E-state index contributed by atoms with van der Waals surface area (Å²) in [6, 6.07) is 9.81. The number of benzene rings is 1. The Morgan fingerprint density at radius 2 is 1.79 bits per heavy atom. The van der Waals surface area contributed by atoms with E-state index in [0.717, 1.165) is 31.2 Å². The molecule has 178 valence electrons. The summed E-state index contributed by atoms with van der Waals surface area (Å²) in [7, 11) is -3.84. The number of aryl methyl sites for hydroxylation is 1. The third-order valence-electron chi connectivity index (χ3n) is 6.61. The van der Waals surface area contributed by atoms with E-state index in [1.165, 1.54) is 17.1 Å². The molecule has 33 heavy (non-hydrogen) atoms. The molecule has 0 spiro atoms. The number of hydrogen-bond donors (Lipinski definition) is 1. The molecular weight excluding hydrogens is 438 g/mol. The topological polar surface area (TPSA) is 92.5 Å². The van der Waals surface area contributed by atoms with Crippen LogP contribution in [0.3, 0.4) is 0 Å². The summed E-state index contributed by atoms with van der Waals surface area (Å²) in [5.74, 6) is -0.144. The maximum absolute atomic E-state index is 13.6. The van der Waals surface area contributed by atoms with E-state index in [2.05, 4.69) is 10.5 Å². The van der Waals surface area contributed by atoms with E-state index in [9.17, 15) is 13.2 Å². The first-order valence-corrected chi connectivity index (χ1v) is 13.4. The monoisotopic (exact) mass is 471 g/mol. The van der Waals surface area contributed by atoms with Gasteiger partial charge in [0.2, 0.25) is 15.9 Å². The molecule has 1 saturated heterocycles. The quantitative estimate of drug-likeness (QED) is 0.631. The highest BCUT2D eigenvalue weighted by Gasteiger charge is 2.37. The van der Waals surface area contributed by atoms with Gasteiger partial charge in [0, 0.05) is 19.1 Å². The van der Waals surface area contributed by atoms with Crippen LogP contribution in [0.25, 0.3) is 12.2 Å². The van der Waals surface area contributed by atoms with Crippen molar-refractivity contribution < 1.29 is 17.7 Å². The molecule has 1 amide bonds. The van der Waals surface area contributed by atoms with Gasteiger partial charge in [0.15, 0.2) is 10.7 Å². The average Bonchev–Trinajstić information content (AvgIpc) is 3.02. The van der Waals surface area contributed by atoms with E-state index in [-0.39, 0.29) is 35.1 Å². The van der Waals surface area contributed by atoms with Crippen molar-refractivity contribution in [3.05, 3.63) is 47.3 Å². The summed E-state index contributed by atoms with van der Waals surface area (Å²) in [4.78, 5) is 13.0. The summed E-state index contributed by atoms with van der Waals surface area (Å²) in [5.41, 5.74) is 1.26. The molecule has 4 rings (SSSR count). The maximum Gasteiger partial charge on any atom is 0.248 e. The van der Waals surface area contributed by atoms with Crippen LogP contribution in [0.15, 0.2) is 39.8 Å². The van der Waals surface area contributed by atoms with E-state index in [1.807, 2.05) is 30.3 Å². The maximum atomic E-state index is 13.6. The standard InChI is InChI=1S/C25H33N3O4S/c1-19-24(23(32-27-19)16-15-20-10-5-4-6-11-20)33(30,31)28-17-9-12-21(18-28)25(29)26-22-13-7-2-3-8-14-22/h4-6,10-11,15-16,21-22H,2-3,7-9,12-14,17-18H2,1H3,(H,26,29)/b16-15+. The molecule has 1 saturated carbocycles. The predicted molar refractivity (Wildman–Crippen MR) is 128 cm³/mol. The summed E-state index contributed by atoms with van der Waals surface area (Å²) < 4.78 is 33.9. The summed E-state index contributed by atoms with van der Waals surface area (Å²) in [6.07, 6.45) is 11.6. The van der Waals surface area contributed by atoms with Gasteiger partial charge in [-0.25, -0.2) is 8.42 Å². The fourth-order valence-corrected chi connectivity index (χ4v) is 6.56. The van der Waals surface area contributed by atoms with Crippen molar-refractivity contribution in [1.29, 1.82) is 0 Å². The van der Waals surface area contributed by atoms with Crippen LogP contribution in [0.5, 0.6) is 0 Å². The largest absolute Gasteiger partial charge is 0.355 e. The number of nitrogens with zero attached hydrogens (tertiary/aromatic N) is 2. The molecule has 1 aromatic carbocycles. The lowest BCUT2D eigenvalue weighted by Gasteiger charge is -2.32. The molecule has 2 aliphatic rings. The minimum Gasteiger partial charge on any atom is -0.355 e. The summed E-state index contributed by atoms with van der Waals surface area (Å²) >= 11 is 0. The van der Waals surface area contributed by atoms with Gasteiger partial charge in [0.25, 0.3) is 0 Å². The van der Waals surface area contributed by atoms with Gasteiger partial charge >= 0.3 is 0 Å². The Balaban J connectivity index is 1.48. The number of hydrogen-bond acceptors (Lipinski definition) is 5.